The van der Waals surface area contributed by atoms with Crippen molar-refractivity contribution in [3.8, 4) is 0 Å². The molecular formula is C10H7F3S. The van der Waals surface area contributed by atoms with E-state index in [1.54, 1.807) is 6.07 Å². The van der Waals surface area contributed by atoms with Gasteiger partial charge in [-0.15, -0.1) is 11.3 Å². The fourth-order valence-electron chi connectivity index (χ4n) is 1.35. The van der Waals surface area contributed by atoms with Crippen molar-refractivity contribution in [3.05, 3.63) is 34.7 Å². The van der Waals surface area contributed by atoms with Gasteiger partial charge in [0.15, 0.2) is 0 Å². The van der Waals surface area contributed by atoms with Crippen LogP contribution in [0.25, 0.3) is 10.1 Å². The molecule has 0 atom stereocenters. The molecule has 0 spiro atoms. The molecule has 1 heterocycles. The molecule has 0 unspecified atom stereocenters. The Balaban J connectivity index is 2.62. The summed E-state index contributed by atoms with van der Waals surface area (Å²) in [5.41, 5.74) is -0.581. The largest absolute Gasteiger partial charge is 0.416 e. The molecule has 0 N–H and O–H groups in total. The van der Waals surface area contributed by atoms with Gasteiger partial charge in [-0.2, -0.15) is 13.2 Å². The van der Waals surface area contributed by atoms with Crippen LogP contribution in [0, 0.1) is 6.92 Å². The first-order valence-electron chi connectivity index (χ1n) is 4.04. The van der Waals surface area contributed by atoms with Gasteiger partial charge in [-0.05, 0) is 36.6 Å². The molecule has 1 aromatic carbocycles. The van der Waals surface area contributed by atoms with Gasteiger partial charge in [-0.1, -0.05) is 0 Å². The number of thiophene rings is 1. The van der Waals surface area contributed by atoms with Crippen LogP contribution in [0.5, 0.6) is 0 Å². The quantitative estimate of drug-likeness (QED) is 0.618. The van der Waals surface area contributed by atoms with Gasteiger partial charge < -0.3 is 0 Å². The lowest BCUT2D eigenvalue weighted by molar-refractivity contribution is -0.137. The molecule has 0 amide bonds. The Morgan fingerprint density at radius 3 is 2.50 bits per heavy atom. The standard InChI is InChI=1S/C10H7F3S/c1-6-4-7-5-8(10(11,12)13)2-3-9(7)14-6/h2-5H,1H3. The third-order valence-corrected chi connectivity index (χ3v) is 3.00. The van der Waals surface area contributed by atoms with Crippen molar-refractivity contribution < 1.29 is 13.2 Å². The van der Waals surface area contributed by atoms with Gasteiger partial charge >= 0.3 is 6.18 Å². The van der Waals surface area contributed by atoms with Crippen molar-refractivity contribution in [1.29, 1.82) is 0 Å². The van der Waals surface area contributed by atoms with Crippen LogP contribution in [0.4, 0.5) is 13.2 Å². The van der Waals surface area contributed by atoms with E-state index in [1.165, 1.54) is 23.5 Å². The summed E-state index contributed by atoms with van der Waals surface area (Å²) < 4.78 is 37.9. The number of halogens is 3. The van der Waals surface area contributed by atoms with Gasteiger partial charge in [-0.3, -0.25) is 0 Å². The third kappa shape index (κ3) is 1.62. The fourth-order valence-corrected chi connectivity index (χ4v) is 2.26. The third-order valence-electron chi connectivity index (χ3n) is 1.97. The van der Waals surface area contributed by atoms with Crippen LogP contribution in [-0.2, 0) is 6.18 Å². The lowest BCUT2D eigenvalue weighted by Crippen LogP contribution is -2.03. The first kappa shape index (κ1) is 9.52. The number of aryl methyl sites for hydroxylation is 1. The smallest absolute Gasteiger partial charge is 0.166 e. The summed E-state index contributed by atoms with van der Waals surface area (Å²) in [6.07, 6.45) is -4.25. The second kappa shape index (κ2) is 2.98. The van der Waals surface area contributed by atoms with E-state index in [0.29, 0.717) is 5.39 Å². The van der Waals surface area contributed by atoms with Gasteiger partial charge in [0.05, 0.1) is 5.56 Å². The Morgan fingerprint density at radius 1 is 1.14 bits per heavy atom. The Morgan fingerprint density at radius 2 is 1.86 bits per heavy atom. The van der Waals surface area contributed by atoms with E-state index in [9.17, 15) is 13.2 Å². The van der Waals surface area contributed by atoms with Gasteiger partial charge in [0.2, 0.25) is 0 Å². The number of benzene rings is 1. The van der Waals surface area contributed by atoms with E-state index in [4.69, 9.17) is 0 Å². The second-order valence-corrected chi connectivity index (χ2v) is 4.40. The van der Waals surface area contributed by atoms with Crippen molar-refractivity contribution in [1.82, 2.24) is 0 Å². The SMILES string of the molecule is Cc1cc2cc(C(F)(F)F)ccc2s1. The molecule has 0 saturated carbocycles. The van der Waals surface area contributed by atoms with Gasteiger partial charge in [-0.25, -0.2) is 0 Å². The molecule has 2 aromatic rings. The highest BCUT2D eigenvalue weighted by Crippen LogP contribution is 2.33. The topological polar surface area (TPSA) is 0 Å². The summed E-state index contributed by atoms with van der Waals surface area (Å²) in [7, 11) is 0. The molecule has 0 aliphatic heterocycles. The first-order valence-corrected chi connectivity index (χ1v) is 4.86. The highest BCUT2D eigenvalue weighted by molar-refractivity contribution is 7.19. The van der Waals surface area contributed by atoms with E-state index < -0.39 is 11.7 Å². The molecule has 0 nitrogen and oxygen atoms in total. The minimum atomic E-state index is -4.25. The van der Waals surface area contributed by atoms with E-state index in [2.05, 4.69) is 0 Å². The Hall–Kier alpha value is -1.03. The van der Waals surface area contributed by atoms with Crippen molar-refractivity contribution in [2.24, 2.45) is 0 Å². The van der Waals surface area contributed by atoms with Gasteiger partial charge in [0.25, 0.3) is 0 Å². The number of fused-ring (bicyclic) bond motifs is 1. The van der Waals surface area contributed by atoms with Crippen LogP contribution >= 0.6 is 11.3 Å². The number of rotatable bonds is 0. The normalized spacial score (nSPS) is 12.3. The van der Waals surface area contributed by atoms with Gasteiger partial charge in [0.1, 0.15) is 0 Å². The zero-order valence-electron chi connectivity index (χ0n) is 7.35. The monoisotopic (exact) mass is 216 g/mol. The van der Waals surface area contributed by atoms with Crippen LogP contribution in [0.15, 0.2) is 24.3 Å². The maximum Gasteiger partial charge on any atom is 0.416 e. The Bertz CT molecular complexity index is 468. The molecule has 1 aromatic heterocycles. The summed E-state index contributed by atoms with van der Waals surface area (Å²) >= 11 is 1.50. The van der Waals surface area contributed by atoms with Crippen molar-refractivity contribution in [2.75, 3.05) is 0 Å². The predicted octanol–water partition coefficient (Wildman–Crippen LogP) is 4.23. The molecule has 0 radical (unpaired) electrons. The van der Waals surface area contributed by atoms with E-state index >= 15 is 0 Å². The van der Waals surface area contributed by atoms with Crippen LogP contribution in [0.2, 0.25) is 0 Å². The summed E-state index contributed by atoms with van der Waals surface area (Å²) in [6.45, 7) is 1.89. The van der Waals surface area contributed by atoms with E-state index in [1.807, 2.05) is 6.92 Å². The maximum absolute atomic E-state index is 12.3. The molecule has 14 heavy (non-hydrogen) atoms. The Kier molecular flexibility index (Phi) is 2.03. The average molecular weight is 216 g/mol. The van der Waals surface area contributed by atoms with Gasteiger partial charge in [0, 0.05) is 9.58 Å². The van der Waals surface area contributed by atoms with Crippen LogP contribution in [0.1, 0.15) is 10.4 Å². The summed E-state index contributed by atoms with van der Waals surface area (Å²) in [4.78, 5) is 1.03. The van der Waals surface area contributed by atoms with Crippen LogP contribution in [-0.4, -0.2) is 0 Å². The number of hydrogen-bond acceptors (Lipinski definition) is 1. The molecule has 0 aliphatic carbocycles. The lowest BCUT2D eigenvalue weighted by atomic mass is 10.1. The van der Waals surface area contributed by atoms with Crippen molar-refractivity contribution in [2.45, 2.75) is 13.1 Å². The molecule has 0 saturated heterocycles. The fraction of sp³-hybridized carbons (Fsp3) is 0.200. The van der Waals surface area contributed by atoms with Crippen LogP contribution in [0.3, 0.4) is 0 Å². The van der Waals surface area contributed by atoms with Crippen molar-refractivity contribution in [3.63, 3.8) is 0 Å². The second-order valence-electron chi connectivity index (χ2n) is 3.11. The molecule has 2 rings (SSSR count). The molecule has 0 aliphatic rings. The van der Waals surface area contributed by atoms with Crippen LogP contribution < -0.4 is 0 Å². The minimum Gasteiger partial charge on any atom is -0.166 e. The van der Waals surface area contributed by atoms with Crippen molar-refractivity contribution >= 4 is 21.4 Å². The summed E-state index contributed by atoms with van der Waals surface area (Å²) in [5.74, 6) is 0. The highest BCUT2D eigenvalue weighted by atomic mass is 32.1. The minimum absolute atomic E-state index is 0.581. The molecular weight excluding hydrogens is 209 g/mol. The number of alkyl halides is 3. The summed E-state index contributed by atoms with van der Waals surface area (Å²) in [6, 6.07) is 5.61. The first-order chi connectivity index (χ1) is 6.47. The predicted molar refractivity (Wildman–Crippen MR) is 51.6 cm³/mol. The zero-order valence-corrected chi connectivity index (χ0v) is 8.17. The average Bonchev–Trinajstić information content (AvgIpc) is 2.41. The molecule has 74 valence electrons. The molecule has 0 fully saturated rings. The molecule has 4 heteroatoms. The number of hydrogen-bond donors (Lipinski definition) is 0. The maximum atomic E-state index is 12.3. The van der Waals surface area contributed by atoms with E-state index in [-0.39, 0.29) is 0 Å². The van der Waals surface area contributed by atoms with E-state index in [0.717, 1.165) is 15.6 Å². The highest BCUT2D eigenvalue weighted by Gasteiger charge is 2.30. The lowest BCUT2D eigenvalue weighted by Gasteiger charge is -2.05. The molecule has 0 bridgehead atoms. The Labute approximate surface area is 83.0 Å². The zero-order chi connectivity index (χ0) is 10.3. The summed E-state index contributed by atoms with van der Waals surface area (Å²) in [5, 5.41) is 0.669.